The fourth-order valence-corrected chi connectivity index (χ4v) is 3.54. The molecule has 1 N–H and O–H groups in total. The minimum Gasteiger partial charge on any atom is -0.322 e. The molecule has 0 unspecified atom stereocenters. The van der Waals surface area contributed by atoms with Crippen LogP contribution >= 0.6 is 11.3 Å². The Morgan fingerprint density at radius 2 is 2.04 bits per heavy atom. The predicted octanol–water partition coefficient (Wildman–Crippen LogP) is 2.81. The van der Waals surface area contributed by atoms with E-state index in [1.807, 2.05) is 29.6 Å². The highest BCUT2D eigenvalue weighted by molar-refractivity contribution is 7.17. The van der Waals surface area contributed by atoms with Gasteiger partial charge in [-0.3, -0.25) is 14.5 Å². The van der Waals surface area contributed by atoms with Crippen LogP contribution in [0.4, 0.5) is 5.82 Å². The average molecular weight is 336 g/mol. The number of pyridine rings is 1. The zero-order valence-electron chi connectivity index (χ0n) is 12.7. The molecule has 4 aromatic rings. The molecule has 0 aliphatic heterocycles. The number of H-pyrrole nitrogens is 1. The maximum atomic E-state index is 13.0. The summed E-state index contributed by atoms with van der Waals surface area (Å²) in [5.74, 6) is 0.245. The van der Waals surface area contributed by atoms with Gasteiger partial charge >= 0.3 is 0 Å². The van der Waals surface area contributed by atoms with E-state index < -0.39 is 0 Å². The van der Waals surface area contributed by atoms with Crippen molar-refractivity contribution in [3.63, 3.8) is 0 Å². The predicted molar refractivity (Wildman–Crippen MR) is 94.7 cm³/mol. The Hall–Kier alpha value is -3.06. The van der Waals surface area contributed by atoms with Gasteiger partial charge < -0.3 is 4.98 Å². The van der Waals surface area contributed by atoms with Gasteiger partial charge in [0.1, 0.15) is 6.33 Å². The van der Waals surface area contributed by atoms with Gasteiger partial charge in [0.25, 0.3) is 5.91 Å². The number of carbonyl (C=O) groups is 1. The number of amides is 1. The SMILES string of the molecule is CN(C(=O)c1cc(=O)[nH]c2ccccc12)c1ncnc2ccsc12. The fraction of sp³-hybridized carbons (Fsp3) is 0.0588. The van der Waals surface area contributed by atoms with Crippen LogP contribution in [0.25, 0.3) is 21.1 Å². The summed E-state index contributed by atoms with van der Waals surface area (Å²) in [6.45, 7) is 0. The normalized spacial score (nSPS) is 11.0. The van der Waals surface area contributed by atoms with E-state index in [9.17, 15) is 9.59 Å². The third-order valence-electron chi connectivity index (χ3n) is 3.83. The van der Waals surface area contributed by atoms with Crippen LogP contribution in [0.1, 0.15) is 10.4 Å². The minimum absolute atomic E-state index is 0.286. The van der Waals surface area contributed by atoms with Crippen LogP contribution in [0.5, 0.6) is 0 Å². The van der Waals surface area contributed by atoms with Gasteiger partial charge in [0, 0.05) is 24.0 Å². The average Bonchev–Trinajstić information content (AvgIpc) is 3.08. The third-order valence-corrected chi connectivity index (χ3v) is 4.73. The first-order valence-corrected chi connectivity index (χ1v) is 8.11. The van der Waals surface area contributed by atoms with Gasteiger partial charge in [-0.2, -0.15) is 0 Å². The van der Waals surface area contributed by atoms with E-state index in [1.54, 1.807) is 13.1 Å². The van der Waals surface area contributed by atoms with Crippen molar-refractivity contribution in [1.29, 1.82) is 0 Å². The number of fused-ring (bicyclic) bond motifs is 2. The summed E-state index contributed by atoms with van der Waals surface area (Å²) >= 11 is 1.47. The Balaban J connectivity index is 1.87. The Bertz CT molecular complexity index is 1130. The van der Waals surface area contributed by atoms with Crippen molar-refractivity contribution in [2.75, 3.05) is 11.9 Å². The van der Waals surface area contributed by atoms with Crippen molar-refractivity contribution in [1.82, 2.24) is 15.0 Å². The van der Waals surface area contributed by atoms with Crippen LogP contribution in [0.15, 0.2) is 52.9 Å². The molecule has 4 rings (SSSR count). The number of aromatic nitrogens is 3. The quantitative estimate of drug-likeness (QED) is 0.610. The molecule has 0 spiro atoms. The van der Waals surface area contributed by atoms with Crippen LogP contribution in [0, 0.1) is 0 Å². The van der Waals surface area contributed by atoms with E-state index in [0.717, 1.165) is 10.2 Å². The molecular formula is C17H12N4O2S. The van der Waals surface area contributed by atoms with E-state index in [4.69, 9.17) is 0 Å². The van der Waals surface area contributed by atoms with Crippen LogP contribution in [0.3, 0.4) is 0 Å². The highest BCUT2D eigenvalue weighted by Crippen LogP contribution is 2.28. The van der Waals surface area contributed by atoms with Crippen LogP contribution in [-0.2, 0) is 0 Å². The molecule has 0 bridgehead atoms. The molecule has 0 aliphatic carbocycles. The number of aromatic amines is 1. The first kappa shape index (κ1) is 14.5. The minimum atomic E-state index is -0.311. The molecule has 1 aromatic carbocycles. The van der Waals surface area contributed by atoms with E-state index in [0.29, 0.717) is 22.3 Å². The Morgan fingerprint density at radius 3 is 2.92 bits per heavy atom. The fourth-order valence-electron chi connectivity index (χ4n) is 2.67. The summed E-state index contributed by atoms with van der Waals surface area (Å²) in [5, 5.41) is 2.61. The molecule has 0 fully saturated rings. The first-order chi connectivity index (χ1) is 11.6. The highest BCUT2D eigenvalue weighted by atomic mass is 32.1. The zero-order valence-corrected chi connectivity index (χ0v) is 13.5. The Labute approximate surface area is 140 Å². The summed E-state index contributed by atoms with van der Waals surface area (Å²) in [6, 6.07) is 10.4. The van der Waals surface area contributed by atoms with Crippen molar-refractivity contribution >= 4 is 44.2 Å². The first-order valence-electron chi connectivity index (χ1n) is 7.23. The van der Waals surface area contributed by atoms with Gasteiger partial charge in [-0.05, 0) is 17.5 Å². The lowest BCUT2D eigenvalue weighted by Crippen LogP contribution is -2.28. The number of thiophene rings is 1. The van der Waals surface area contributed by atoms with Crippen LogP contribution in [0.2, 0.25) is 0 Å². The molecule has 7 heteroatoms. The van der Waals surface area contributed by atoms with Crippen molar-refractivity contribution < 1.29 is 4.79 Å². The second kappa shape index (κ2) is 5.54. The summed E-state index contributed by atoms with van der Waals surface area (Å²) in [6.07, 6.45) is 1.43. The molecule has 118 valence electrons. The van der Waals surface area contributed by atoms with E-state index >= 15 is 0 Å². The number of hydrogen-bond acceptors (Lipinski definition) is 5. The highest BCUT2D eigenvalue weighted by Gasteiger charge is 2.20. The van der Waals surface area contributed by atoms with Gasteiger partial charge in [0.05, 0.1) is 15.8 Å². The van der Waals surface area contributed by atoms with Crippen LogP contribution in [-0.4, -0.2) is 27.9 Å². The molecule has 1 amide bonds. The van der Waals surface area contributed by atoms with Gasteiger partial charge in [0.2, 0.25) is 5.56 Å². The molecule has 0 radical (unpaired) electrons. The van der Waals surface area contributed by atoms with Crippen molar-refractivity contribution in [2.45, 2.75) is 0 Å². The molecule has 0 saturated carbocycles. The smallest absolute Gasteiger partial charge is 0.260 e. The van der Waals surface area contributed by atoms with Gasteiger partial charge in [-0.15, -0.1) is 11.3 Å². The summed E-state index contributed by atoms with van der Waals surface area (Å²) in [4.78, 5) is 37.5. The molecule has 3 heterocycles. The molecule has 0 aliphatic rings. The zero-order chi connectivity index (χ0) is 16.7. The van der Waals surface area contributed by atoms with E-state index in [1.165, 1.54) is 28.6 Å². The lowest BCUT2D eigenvalue weighted by Gasteiger charge is -2.17. The molecule has 24 heavy (non-hydrogen) atoms. The summed E-state index contributed by atoms with van der Waals surface area (Å²) in [7, 11) is 1.65. The maximum absolute atomic E-state index is 13.0. The number of carbonyl (C=O) groups excluding carboxylic acids is 1. The second-order valence-electron chi connectivity index (χ2n) is 5.29. The largest absolute Gasteiger partial charge is 0.322 e. The topological polar surface area (TPSA) is 79.0 Å². The van der Waals surface area contributed by atoms with Crippen LogP contribution < -0.4 is 10.5 Å². The summed E-state index contributed by atoms with van der Waals surface area (Å²) < 4.78 is 0.836. The third kappa shape index (κ3) is 2.26. The Kier molecular flexibility index (Phi) is 3.35. The molecule has 0 saturated heterocycles. The van der Waals surface area contributed by atoms with Gasteiger partial charge in [-0.1, -0.05) is 18.2 Å². The molecular weight excluding hydrogens is 324 g/mol. The lowest BCUT2D eigenvalue weighted by atomic mass is 10.1. The number of benzene rings is 1. The number of anilines is 1. The van der Waals surface area contributed by atoms with Crippen molar-refractivity contribution in [2.24, 2.45) is 0 Å². The molecule has 3 aromatic heterocycles. The van der Waals surface area contributed by atoms with Gasteiger partial charge in [0.15, 0.2) is 5.82 Å². The number of nitrogens with zero attached hydrogens (tertiary/aromatic N) is 3. The van der Waals surface area contributed by atoms with E-state index in [-0.39, 0.29) is 11.5 Å². The monoisotopic (exact) mass is 336 g/mol. The van der Waals surface area contributed by atoms with Crippen molar-refractivity contribution in [3.8, 4) is 0 Å². The van der Waals surface area contributed by atoms with E-state index in [2.05, 4.69) is 15.0 Å². The molecule has 6 nitrogen and oxygen atoms in total. The number of nitrogens with one attached hydrogen (secondary N) is 1. The van der Waals surface area contributed by atoms with Gasteiger partial charge in [-0.25, -0.2) is 9.97 Å². The Morgan fingerprint density at radius 1 is 1.21 bits per heavy atom. The number of rotatable bonds is 2. The number of para-hydroxylation sites is 1. The standard InChI is InChI=1S/C17H12N4O2S/c1-21(16-15-13(6-7-24-15)18-9-19-16)17(23)11-8-14(22)20-12-5-3-2-4-10(11)12/h2-9H,1H3,(H,20,22). The maximum Gasteiger partial charge on any atom is 0.260 e. The number of hydrogen-bond donors (Lipinski definition) is 1. The second-order valence-corrected chi connectivity index (χ2v) is 6.21. The molecule has 0 atom stereocenters. The van der Waals surface area contributed by atoms with Crippen molar-refractivity contribution in [3.05, 3.63) is 64.0 Å². The summed E-state index contributed by atoms with van der Waals surface area (Å²) in [5.41, 5.74) is 1.46. The lowest BCUT2D eigenvalue weighted by molar-refractivity contribution is 0.0994.